The molecule has 8 rings (SSSR count). The van der Waals surface area contributed by atoms with E-state index in [1.807, 2.05) is 0 Å². The Morgan fingerprint density at radius 3 is 1.27 bits per heavy atom. The van der Waals surface area contributed by atoms with Crippen molar-refractivity contribution in [3.05, 3.63) is 155 Å². The summed E-state index contributed by atoms with van der Waals surface area (Å²) in [5.41, 5.74) is 12.3. The highest BCUT2D eigenvalue weighted by Crippen LogP contribution is 2.58. The maximum atomic E-state index is 7.31. The van der Waals surface area contributed by atoms with E-state index in [9.17, 15) is 0 Å². The van der Waals surface area contributed by atoms with Gasteiger partial charge in [-0.25, -0.2) is 0 Å². The Hall–Kier alpha value is -4.10. The third kappa shape index (κ3) is 3.98. The maximum absolute atomic E-state index is 7.31. The van der Waals surface area contributed by atoms with E-state index in [-0.39, 0.29) is 17.8 Å². The van der Waals surface area contributed by atoms with Gasteiger partial charge in [0.25, 0.3) is 0 Å². The summed E-state index contributed by atoms with van der Waals surface area (Å²) >= 11 is 14.6. The largest absolute Gasteiger partial charge is 0.0837 e. The standard InChI is InChI=1S/C42H32Cl2/c1-24(37-25(2)41(43)39-33(20-10-22-35(37)39)31-18-8-14-27-12-4-6-16-29(27)31)38-26(3)42(44)40-34(21-11-23-36(38)40)32-19-9-15-28-13-5-7-17-30(28)32/h4-24,37-38H,1-3H3. The van der Waals surface area contributed by atoms with Gasteiger partial charge in [0.1, 0.15) is 0 Å². The van der Waals surface area contributed by atoms with E-state index >= 15 is 0 Å². The first-order chi connectivity index (χ1) is 21.5. The van der Waals surface area contributed by atoms with Crippen LogP contribution in [0.25, 0.3) is 53.9 Å². The van der Waals surface area contributed by atoms with Gasteiger partial charge in [0.05, 0.1) is 0 Å². The first kappa shape index (κ1) is 27.4. The summed E-state index contributed by atoms with van der Waals surface area (Å²) in [5, 5.41) is 6.74. The second-order valence-corrected chi connectivity index (χ2v) is 13.2. The third-order valence-corrected chi connectivity index (χ3v) is 11.1. The molecule has 0 bridgehead atoms. The van der Waals surface area contributed by atoms with Crippen LogP contribution < -0.4 is 0 Å². The lowest BCUT2D eigenvalue weighted by Gasteiger charge is -2.30. The molecule has 2 atom stereocenters. The minimum Gasteiger partial charge on any atom is -0.0837 e. The molecule has 2 aliphatic carbocycles. The number of hydrogen-bond donors (Lipinski definition) is 0. The zero-order valence-corrected chi connectivity index (χ0v) is 26.5. The van der Waals surface area contributed by atoms with E-state index in [1.165, 1.54) is 77.2 Å². The Morgan fingerprint density at radius 2 is 0.818 bits per heavy atom. The summed E-state index contributed by atoms with van der Waals surface area (Å²) in [6.07, 6.45) is 0. The van der Waals surface area contributed by atoms with E-state index in [4.69, 9.17) is 23.2 Å². The highest BCUT2D eigenvalue weighted by Gasteiger charge is 2.41. The quantitative estimate of drug-likeness (QED) is 0.187. The molecule has 6 aromatic carbocycles. The van der Waals surface area contributed by atoms with Gasteiger partial charge in [-0.3, -0.25) is 0 Å². The van der Waals surface area contributed by atoms with Gasteiger partial charge >= 0.3 is 0 Å². The third-order valence-electron chi connectivity index (χ3n) is 10.1. The first-order valence-corrected chi connectivity index (χ1v) is 16.2. The normalized spacial score (nSPS) is 18.3. The molecule has 0 saturated carbocycles. The maximum Gasteiger partial charge on any atom is 0.0483 e. The highest BCUT2D eigenvalue weighted by molar-refractivity contribution is 6.51. The fourth-order valence-corrected chi connectivity index (χ4v) is 8.86. The van der Waals surface area contributed by atoms with Crippen molar-refractivity contribution in [3.63, 3.8) is 0 Å². The van der Waals surface area contributed by atoms with E-state index in [1.54, 1.807) is 0 Å². The average molecular weight is 608 g/mol. The summed E-state index contributed by atoms with van der Waals surface area (Å²) < 4.78 is 0. The average Bonchev–Trinajstić information content (AvgIpc) is 3.48. The van der Waals surface area contributed by atoms with E-state index < -0.39 is 0 Å². The molecule has 6 aromatic rings. The molecular formula is C42H32Cl2. The number of fused-ring (bicyclic) bond motifs is 4. The van der Waals surface area contributed by atoms with Gasteiger partial charge < -0.3 is 0 Å². The summed E-state index contributed by atoms with van der Waals surface area (Å²) in [6.45, 7) is 6.83. The summed E-state index contributed by atoms with van der Waals surface area (Å²) in [6, 6.07) is 43.8. The number of allylic oxidation sites excluding steroid dienone is 2. The van der Waals surface area contributed by atoms with Crippen LogP contribution in [0.4, 0.5) is 0 Å². The second-order valence-electron chi connectivity index (χ2n) is 12.4. The Kier molecular flexibility index (Phi) is 6.56. The molecule has 0 N–H and O–H groups in total. The minimum atomic E-state index is 0.184. The van der Waals surface area contributed by atoms with Crippen LogP contribution in [0.2, 0.25) is 0 Å². The number of halogens is 2. The molecule has 0 nitrogen and oxygen atoms in total. The molecule has 2 aliphatic rings. The molecular weight excluding hydrogens is 575 g/mol. The molecule has 0 radical (unpaired) electrons. The zero-order valence-electron chi connectivity index (χ0n) is 25.0. The van der Waals surface area contributed by atoms with Crippen LogP contribution >= 0.6 is 23.2 Å². The van der Waals surface area contributed by atoms with Crippen LogP contribution in [0.1, 0.15) is 54.9 Å². The van der Waals surface area contributed by atoms with Crippen LogP contribution in [-0.2, 0) is 0 Å². The molecule has 2 heteroatoms. The fourth-order valence-electron chi connectivity index (χ4n) is 8.20. The zero-order chi connectivity index (χ0) is 30.1. The second kappa shape index (κ2) is 10.5. The number of benzene rings is 6. The smallest absolute Gasteiger partial charge is 0.0483 e. The molecule has 0 amide bonds. The lowest BCUT2D eigenvalue weighted by Crippen LogP contribution is -2.18. The molecule has 214 valence electrons. The van der Waals surface area contributed by atoms with Crippen molar-refractivity contribution in [2.24, 2.45) is 5.92 Å². The van der Waals surface area contributed by atoms with Crippen molar-refractivity contribution in [2.45, 2.75) is 32.6 Å². The van der Waals surface area contributed by atoms with Crippen molar-refractivity contribution < 1.29 is 0 Å². The van der Waals surface area contributed by atoms with Crippen LogP contribution in [0, 0.1) is 5.92 Å². The number of hydrogen-bond acceptors (Lipinski definition) is 0. The van der Waals surface area contributed by atoms with Crippen LogP contribution in [-0.4, -0.2) is 0 Å². The van der Waals surface area contributed by atoms with Crippen LogP contribution in [0.5, 0.6) is 0 Å². The fraction of sp³-hybridized carbons (Fsp3) is 0.143. The van der Waals surface area contributed by atoms with Gasteiger partial charge in [-0.2, -0.15) is 0 Å². The molecule has 0 aliphatic heterocycles. The molecule has 0 spiro atoms. The van der Waals surface area contributed by atoms with Crippen molar-refractivity contribution in [1.82, 2.24) is 0 Å². The van der Waals surface area contributed by atoms with E-state index in [2.05, 4.69) is 142 Å². The van der Waals surface area contributed by atoms with Crippen molar-refractivity contribution in [3.8, 4) is 22.3 Å². The summed E-state index contributed by atoms with van der Waals surface area (Å²) in [7, 11) is 0. The van der Waals surface area contributed by atoms with Gasteiger partial charge in [-0.05, 0) is 85.8 Å². The van der Waals surface area contributed by atoms with Gasteiger partial charge in [-0.15, -0.1) is 0 Å². The van der Waals surface area contributed by atoms with Crippen molar-refractivity contribution >= 4 is 54.8 Å². The predicted octanol–water partition coefficient (Wildman–Crippen LogP) is 12.8. The molecule has 2 unspecified atom stereocenters. The topological polar surface area (TPSA) is 0 Å². The molecule has 0 saturated heterocycles. The highest BCUT2D eigenvalue weighted by atomic mass is 35.5. The lowest BCUT2D eigenvalue weighted by atomic mass is 9.73. The van der Waals surface area contributed by atoms with Crippen LogP contribution in [0.15, 0.2) is 132 Å². The van der Waals surface area contributed by atoms with Gasteiger partial charge in [0, 0.05) is 33.0 Å². The van der Waals surface area contributed by atoms with Crippen molar-refractivity contribution in [1.29, 1.82) is 0 Å². The van der Waals surface area contributed by atoms with Gasteiger partial charge in [0.2, 0.25) is 0 Å². The summed E-state index contributed by atoms with van der Waals surface area (Å²) in [4.78, 5) is 0. The predicted molar refractivity (Wildman–Crippen MR) is 190 cm³/mol. The molecule has 0 aromatic heterocycles. The molecule has 0 heterocycles. The van der Waals surface area contributed by atoms with Gasteiger partial charge in [0.15, 0.2) is 0 Å². The Bertz CT molecular complexity index is 2030. The molecule has 0 fully saturated rings. The van der Waals surface area contributed by atoms with Crippen LogP contribution in [0.3, 0.4) is 0 Å². The first-order valence-electron chi connectivity index (χ1n) is 15.4. The van der Waals surface area contributed by atoms with E-state index in [0.717, 1.165) is 10.1 Å². The number of rotatable bonds is 4. The summed E-state index contributed by atoms with van der Waals surface area (Å²) in [5.74, 6) is 0.624. The van der Waals surface area contributed by atoms with E-state index in [0.29, 0.717) is 0 Å². The molecule has 44 heavy (non-hydrogen) atoms. The Labute approximate surface area is 269 Å². The minimum absolute atomic E-state index is 0.184. The SMILES string of the molecule is CC1=C(Cl)c2c(-c3cccc4ccccc34)cccc2C1C(C)C1C(C)=C(Cl)c2c(-c3cccc4ccccc34)cccc21. The van der Waals surface area contributed by atoms with Gasteiger partial charge in [-0.1, -0.05) is 151 Å². The Balaban J connectivity index is 1.26. The Morgan fingerprint density at radius 1 is 0.455 bits per heavy atom. The van der Waals surface area contributed by atoms with Crippen molar-refractivity contribution in [2.75, 3.05) is 0 Å². The lowest BCUT2D eigenvalue weighted by molar-refractivity contribution is 0.455. The monoisotopic (exact) mass is 606 g/mol.